The SMILES string of the molecule is COc1cccc(OC)c1C(=O)Nc1cccc(SCC(=O)Nc2cccc3c2C(=O)c2ccccc2C3=O)c1. The molecule has 200 valence electrons. The maximum absolute atomic E-state index is 13.2. The van der Waals surface area contributed by atoms with Crippen molar-refractivity contribution in [3.05, 3.63) is 113 Å². The van der Waals surface area contributed by atoms with E-state index >= 15 is 0 Å². The second kappa shape index (κ2) is 11.5. The van der Waals surface area contributed by atoms with Gasteiger partial charge in [0.15, 0.2) is 11.6 Å². The van der Waals surface area contributed by atoms with Crippen molar-refractivity contribution in [3.63, 3.8) is 0 Å². The molecule has 0 aromatic heterocycles. The minimum Gasteiger partial charge on any atom is -0.496 e. The molecule has 40 heavy (non-hydrogen) atoms. The first-order valence-corrected chi connectivity index (χ1v) is 13.3. The predicted molar refractivity (Wildman–Crippen MR) is 153 cm³/mol. The molecule has 0 saturated heterocycles. The quantitative estimate of drug-likeness (QED) is 0.246. The van der Waals surface area contributed by atoms with Gasteiger partial charge in [0, 0.05) is 27.3 Å². The second-order valence-corrected chi connectivity index (χ2v) is 9.84. The molecule has 0 fully saturated rings. The summed E-state index contributed by atoms with van der Waals surface area (Å²) >= 11 is 1.26. The van der Waals surface area contributed by atoms with Gasteiger partial charge in [-0.3, -0.25) is 19.2 Å². The number of amides is 2. The summed E-state index contributed by atoms with van der Waals surface area (Å²) in [7, 11) is 2.96. The smallest absolute Gasteiger partial charge is 0.263 e. The van der Waals surface area contributed by atoms with Gasteiger partial charge >= 0.3 is 0 Å². The summed E-state index contributed by atoms with van der Waals surface area (Å²) in [4.78, 5) is 52.8. The van der Waals surface area contributed by atoms with Gasteiger partial charge in [-0.2, -0.15) is 0 Å². The number of ketones is 2. The fourth-order valence-corrected chi connectivity index (χ4v) is 5.27. The number of carbonyl (C=O) groups excluding carboxylic acids is 4. The number of methoxy groups -OCH3 is 2. The summed E-state index contributed by atoms with van der Waals surface area (Å²) in [6.07, 6.45) is 0. The maximum atomic E-state index is 13.2. The Hall–Kier alpha value is -4.89. The summed E-state index contributed by atoms with van der Waals surface area (Å²) in [6, 6.07) is 23.7. The van der Waals surface area contributed by atoms with Crippen LogP contribution in [-0.4, -0.2) is 43.4 Å². The molecule has 0 unspecified atom stereocenters. The molecule has 1 aliphatic carbocycles. The second-order valence-electron chi connectivity index (χ2n) is 8.79. The van der Waals surface area contributed by atoms with Gasteiger partial charge in [-0.15, -0.1) is 11.8 Å². The molecule has 4 aromatic rings. The summed E-state index contributed by atoms with van der Waals surface area (Å²) in [6.45, 7) is 0. The maximum Gasteiger partial charge on any atom is 0.263 e. The average molecular weight is 553 g/mol. The number of benzene rings is 4. The number of rotatable bonds is 8. The van der Waals surface area contributed by atoms with Crippen molar-refractivity contribution in [2.45, 2.75) is 4.90 Å². The molecule has 0 bridgehead atoms. The van der Waals surface area contributed by atoms with Gasteiger partial charge in [0.05, 0.1) is 31.2 Å². The first-order chi connectivity index (χ1) is 19.4. The standard InChI is InChI=1S/C31H24N2O6S/c1-38-24-14-7-15-25(39-2)28(24)31(37)32-18-8-5-9-19(16-18)40-17-26(34)33-23-13-6-12-22-27(23)30(36)21-11-4-3-10-20(21)29(22)35/h3-16H,17H2,1-2H3,(H,32,37)(H,33,34). The van der Waals surface area contributed by atoms with Crippen molar-refractivity contribution in [1.29, 1.82) is 0 Å². The summed E-state index contributed by atoms with van der Waals surface area (Å²) in [5, 5.41) is 5.63. The van der Waals surface area contributed by atoms with Crippen LogP contribution in [0.3, 0.4) is 0 Å². The molecule has 9 heteroatoms. The Labute approximate surface area is 234 Å². The van der Waals surface area contributed by atoms with Crippen molar-refractivity contribution in [2.75, 3.05) is 30.6 Å². The van der Waals surface area contributed by atoms with E-state index in [-0.39, 0.29) is 39.9 Å². The first kappa shape index (κ1) is 26.7. The number of carbonyl (C=O) groups is 4. The largest absolute Gasteiger partial charge is 0.496 e. The zero-order chi connectivity index (χ0) is 28.2. The van der Waals surface area contributed by atoms with Crippen LogP contribution in [0.2, 0.25) is 0 Å². The summed E-state index contributed by atoms with van der Waals surface area (Å²) in [5.41, 5.74) is 2.24. The van der Waals surface area contributed by atoms with Crippen LogP contribution in [0.1, 0.15) is 42.2 Å². The van der Waals surface area contributed by atoms with Gasteiger partial charge < -0.3 is 20.1 Å². The van der Waals surface area contributed by atoms with Crippen molar-refractivity contribution in [3.8, 4) is 11.5 Å². The lowest BCUT2D eigenvalue weighted by Crippen LogP contribution is -2.24. The molecule has 0 aliphatic heterocycles. The Bertz CT molecular complexity index is 1640. The van der Waals surface area contributed by atoms with Gasteiger partial charge in [0.2, 0.25) is 5.91 Å². The molecule has 1 aliphatic rings. The first-order valence-electron chi connectivity index (χ1n) is 12.3. The van der Waals surface area contributed by atoms with E-state index in [1.807, 2.05) is 6.07 Å². The highest BCUT2D eigenvalue weighted by molar-refractivity contribution is 8.00. The van der Waals surface area contributed by atoms with Crippen molar-refractivity contribution in [2.24, 2.45) is 0 Å². The average Bonchev–Trinajstić information content (AvgIpc) is 2.98. The molecule has 0 radical (unpaired) electrons. The van der Waals surface area contributed by atoms with Gasteiger partial charge in [-0.05, 0) is 36.4 Å². The van der Waals surface area contributed by atoms with E-state index < -0.39 is 5.91 Å². The van der Waals surface area contributed by atoms with Gasteiger partial charge in [-0.25, -0.2) is 0 Å². The van der Waals surface area contributed by atoms with Crippen molar-refractivity contribution in [1.82, 2.24) is 0 Å². The van der Waals surface area contributed by atoms with Crippen LogP contribution in [0.5, 0.6) is 11.5 Å². The Morgan fingerprint density at radius 1 is 0.725 bits per heavy atom. The number of fused-ring (bicyclic) bond motifs is 2. The Kier molecular flexibility index (Phi) is 7.65. The molecule has 4 aromatic carbocycles. The lowest BCUT2D eigenvalue weighted by Gasteiger charge is -2.20. The number of anilines is 2. The number of hydrogen-bond acceptors (Lipinski definition) is 7. The lowest BCUT2D eigenvalue weighted by molar-refractivity contribution is -0.113. The number of thioether (sulfide) groups is 1. The molecular weight excluding hydrogens is 528 g/mol. The van der Waals surface area contributed by atoms with E-state index in [0.29, 0.717) is 34.0 Å². The van der Waals surface area contributed by atoms with E-state index in [2.05, 4.69) is 10.6 Å². The highest BCUT2D eigenvalue weighted by Crippen LogP contribution is 2.33. The van der Waals surface area contributed by atoms with E-state index in [1.54, 1.807) is 78.9 Å². The number of ether oxygens (including phenoxy) is 2. The minimum atomic E-state index is -0.399. The third kappa shape index (κ3) is 5.19. The fourth-order valence-electron chi connectivity index (χ4n) is 4.52. The summed E-state index contributed by atoms with van der Waals surface area (Å²) < 4.78 is 10.6. The molecule has 0 heterocycles. The Balaban J connectivity index is 1.27. The Morgan fingerprint density at radius 3 is 2.05 bits per heavy atom. The van der Waals surface area contributed by atoms with Crippen LogP contribution < -0.4 is 20.1 Å². The monoisotopic (exact) mass is 552 g/mol. The zero-order valence-electron chi connectivity index (χ0n) is 21.6. The zero-order valence-corrected chi connectivity index (χ0v) is 22.5. The highest BCUT2D eigenvalue weighted by Gasteiger charge is 2.31. The van der Waals surface area contributed by atoms with Crippen molar-refractivity contribution < 1.29 is 28.7 Å². The normalized spacial score (nSPS) is 11.8. The number of nitrogens with one attached hydrogen (secondary N) is 2. The molecule has 0 atom stereocenters. The van der Waals surface area contributed by atoms with E-state index in [9.17, 15) is 19.2 Å². The third-order valence-electron chi connectivity index (χ3n) is 6.34. The minimum absolute atomic E-state index is 0.0418. The molecule has 5 rings (SSSR count). The topological polar surface area (TPSA) is 111 Å². The molecule has 8 nitrogen and oxygen atoms in total. The van der Waals surface area contributed by atoms with Crippen LogP contribution in [-0.2, 0) is 4.79 Å². The fraction of sp³-hybridized carbons (Fsp3) is 0.0968. The number of hydrogen-bond donors (Lipinski definition) is 2. The van der Waals surface area contributed by atoms with Crippen molar-refractivity contribution >= 4 is 46.5 Å². The van der Waals surface area contributed by atoms with E-state index in [1.165, 1.54) is 26.0 Å². The predicted octanol–water partition coefficient (Wildman–Crippen LogP) is 5.46. The van der Waals surface area contributed by atoms with E-state index in [4.69, 9.17) is 9.47 Å². The van der Waals surface area contributed by atoms with Crippen LogP contribution >= 0.6 is 11.8 Å². The molecule has 0 spiro atoms. The van der Waals surface area contributed by atoms with Crippen LogP contribution in [0.25, 0.3) is 0 Å². The molecular formula is C31H24N2O6S. The van der Waals surface area contributed by atoms with Gasteiger partial charge in [-0.1, -0.05) is 48.5 Å². The van der Waals surface area contributed by atoms with Crippen LogP contribution in [0, 0.1) is 0 Å². The molecule has 2 N–H and O–H groups in total. The van der Waals surface area contributed by atoms with Gasteiger partial charge in [0.25, 0.3) is 5.91 Å². The van der Waals surface area contributed by atoms with Crippen LogP contribution in [0.4, 0.5) is 11.4 Å². The summed E-state index contributed by atoms with van der Waals surface area (Å²) in [5.74, 6) is -0.490. The Morgan fingerprint density at radius 2 is 1.35 bits per heavy atom. The lowest BCUT2D eigenvalue weighted by atomic mass is 9.83. The van der Waals surface area contributed by atoms with Gasteiger partial charge in [0.1, 0.15) is 17.1 Å². The van der Waals surface area contributed by atoms with E-state index in [0.717, 1.165) is 4.90 Å². The highest BCUT2D eigenvalue weighted by atomic mass is 32.2. The molecule has 2 amide bonds. The molecule has 0 saturated carbocycles. The van der Waals surface area contributed by atoms with Crippen LogP contribution in [0.15, 0.2) is 89.8 Å². The third-order valence-corrected chi connectivity index (χ3v) is 7.34.